The summed E-state index contributed by atoms with van der Waals surface area (Å²) >= 11 is 1.75. The van der Waals surface area contributed by atoms with Crippen molar-refractivity contribution in [3.63, 3.8) is 0 Å². The van der Waals surface area contributed by atoms with Gasteiger partial charge in [0.05, 0.1) is 16.8 Å². The van der Waals surface area contributed by atoms with Crippen LogP contribution < -0.4 is 5.73 Å². The molecule has 4 nitrogen and oxygen atoms in total. The summed E-state index contributed by atoms with van der Waals surface area (Å²) in [6.45, 7) is -0.212. The molecule has 0 fully saturated rings. The van der Waals surface area contributed by atoms with Crippen LogP contribution >= 0.6 is 22.6 Å². The van der Waals surface area contributed by atoms with Crippen molar-refractivity contribution < 1.29 is 18.7 Å². The molecule has 1 aromatic rings. The van der Waals surface area contributed by atoms with E-state index in [0.717, 1.165) is 6.07 Å². The second kappa shape index (κ2) is 4.79. The van der Waals surface area contributed by atoms with Crippen molar-refractivity contribution in [2.75, 3.05) is 0 Å². The van der Waals surface area contributed by atoms with Crippen LogP contribution in [0.2, 0.25) is 0 Å². The molecule has 0 spiro atoms. The lowest BCUT2D eigenvalue weighted by molar-refractivity contribution is 0.0683. The Kier molecular flexibility index (Phi) is 3.91. The number of carboxylic acids is 1. The SMILES string of the molecule is NCc1nc(I)cc(C(=O)O)c1C(F)F. The van der Waals surface area contributed by atoms with E-state index in [1.165, 1.54) is 0 Å². The molecule has 0 amide bonds. The average molecular weight is 328 g/mol. The molecule has 0 aliphatic heterocycles. The van der Waals surface area contributed by atoms with Gasteiger partial charge in [0.25, 0.3) is 6.43 Å². The van der Waals surface area contributed by atoms with E-state index >= 15 is 0 Å². The number of rotatable bonds is 3. The van der Waals surface area contributed by atoms with Gasteiger partial charge in [-0.05, 0) is 28.7 Å². The Balaban J connectivity index is 3.47. The molecule has 82 valence electrons. The van der Waals surface area contributed by atoms with Gasteiger partial charge >= 0.3 is 5.97 Å². The number of carboxylic acid groups (broad SMARTS) is 1. The highest BCUT2D eigenvalue weighted by atomic mass is 127. The molecular formula is C8H7F2IN2O2. The predicted octanol–water partition coefficient (Wildman–Crippen LogP) is 1.78. The Bertz CT molecular complexity index is 398. The van der Waals surface area contributed by atoms with Crippen molar-refractivity contribution >= 4 is 28.6 Å². The number of nitrogens with two attached hydrogens (primary N) is 1. The molecule has 3 N–H and O–H groups in total. The molecule has 1 rings (SSSR count). The minimum Gasteiger partial charge on any atom is -0.478 e. The summed E-state index contributed by atoms with van der Waals surface area (Å²) in [5, 5.41) is 8.75. The van der Waals surface area contributed by atoms with Gasteiger partial charge < -0.3 is 10.8 Å². The maximum Gasteiger partial charge on any atom is 0.336 e. The monoisotopic (exact) mass is 328 g/mol. The van der Waals surface area contributed by atoms with E-state index in [2.05, 4.69) is 4.98 Å². The van der Waals surface area contributed by atoms with Crippen molar-refractivity contribution in [2.24, 2.45) is 5.73 Å². The lowest BCUT2D eigenvalue weighted by Crippen LogP contribution is -2.12. The normalized spacial score (nSPS) is 10.7. The van der Waals surface area contributed by atoms with Crippen molar-refractivity contribution in [3.8, 4) is 0 Å². The van der Waals surface area contributed by atoms with Gasteiger partial charge in [0.1, 0.15) is 3.70 Å². The number of alkyl halides is 2. The zero-order chi connectivity index (χ0) is 11.6. The molecule has 1 heterocycles. The molecule has 0 aliphatic carbocycles. The standard InChI is InChI=1S/C8H7F2IN2O2/c9-7(10)6-3(8(14)15)1-5(11)13-4(6)2-12/h1,7H,2,12H2,(H,14,15). The largest absolute Gasteiger partial charge is 0.478 e. The summed E-state index contributed by atoms with van der Waals surface area (Å²) in [5.74, 6) is -1.40. The van der Waals surface area contributed by atoms with Gasteiger partial charge in [0, 0.05) is 6.54 Å². The van der Waals surface area contributed by atoms with Crippen LogP contribution in [0.15, 0.2) is 6.07 Å². The van der Waals surface area contributed by atoms with Crippen molar-refractivity contribution in [1.82, 2.24) is 4.98 Å². The second-order valence-corrected chi connectivity index (χ2v) is 3.77. The van der Waals surface area contributed by atoms with Crippen LogP contribution in [0, 0.1) is 3.70 Å². The zero-order valence-electron chi connectivity index (χ0n) is 7.38. The maximum atomic E-state index is 12.6. The van der Waals surface area contributed by atoms with Crippen LogP contribution in [0.5, 0.6) is 0 Å². The highest BCUT2D eigenvalue weighted by Crippen LogP contribution is 2.26. The number of halogens is 3. The molecule has 0 aliphatic rings. The Morgan fingerprint density at radius 3 is 2.67 bits per heavy atom. The van der Waals surface area contributed by atoms with E-state index in [1.807, 2.05) is 0 Å². The number of aromatic carboxylic acids is 1. The first-order valence-electron chi connectivity index (χ1n) is 3.88. The Hall–Kier alpha value is -0.830. The van der Waals surface area contributed by atoms with Crippen LogP contribution in [0.3, 0.4) is 0 Å². The predicted molar refractivity (Wildman–Crippen MR) is 56.8 cm³/mol. The molecule has 0 saturated carbocycles. The summed E-state index contributed by atoms with van der Waals surface area (Å²) in [5.41, 5.74) is 4.13. The third-order valence-electron chi connectivity index (χ3n) is 1.75. The third-order valence-corrected chi connectivity index (χ3v) is 2.30. The van der Waals surface area contributed by atoms with Crippen molar-refractivity contribution in [3.05, 3.63) is 26.6 Å². The van der Waals surface area contributed by atoms with Crippen molar-refractivity contribution in [2.45, 2.75) is 13.0 Å². The summed E-state index contributed by atoms with van der Waals surface area (Å²) in [6, 6.07) is 1.10. The summed E-state index contributed by atoms with van der Waals surface area (Å²) in [7, 11) is 0. The van der Waals surface area contributed by atoms with Crippen LogP contribution in [0.1, 0.15) is 28.0 Å². The van der Waals surface area contributed by atoms with E-state index in [4.69, 9.17) is 10.8 Å². The first-order chi connectivity index (χ1) is 6.97. The van der Waals surface area contributed by atoms with E-state index in [9.17, 15) is 13.6 Å². The van der Waals surface area contributed by atoms with Gasteiger partial charge in [-0.2, -0.15) is 0 Å². The molecule has 0 bridgehead atoms. The highest BCUT2D eigenvalue weighted by Gasteiger charge is 2.23. The molecule has 0 unspecified atom stereocenters. The molecule has 7 heteroatoms. The maximum absolute atomic E-state index is 12.6. The number of hydrogen-bond donors (Lipinski definition) is 2. The van der Waals surface area contributed by atoms with Gasteiger partial charge in [-0.25, -0.2) is 18.6 Å². The Morgan fingerprint density at radius 2 is 2.27 bits per heavy atom. The lowest BCUT2D eigenvalue weighted by atomic mass is 10.1. The first-order valence-corrected chi connectivity index (χ1v) is 4.96. The minimum absolute atomic E-state index is 0.0747. The zero-order valence-corrected chi connectivity index (χ0v) is 9.53. The minimum atomic E-state index is -2.89. The Labute approximate surface area is 97.6 Å². The summed E-state index contributed by atoms with van der Waals surface area (Å²) in [6.07, 6.45) is -2.89. The van der Waals surface area contributed by atoms with Crippen LogP contribution in [-0.4, -0.2) is 16.1 Å². The highest BCUT2D eigenvalue weighted by molar-refractivity contribution is 14.1. The quantitative estimate of drug-likeness (QED) is 0.655. The third kappa shape index (κ3) is 2.59. The van der Waals surface area contributed by atoms with E-state index in [0.29, 0.717) is 3.70 Å². The second-order valence-electron chi connectivity index (χ2n) is 2.66. The molecule has 0 saturated heterocycles. The van der Waals surface area contributed by atoms with Gasteiger partial charge in [-0.15, -0.1) is 0 Å². The average Bonchev–Trinajstić information content (AvgIpc) is 2.15. The smallest absolute Gasteiger partial charge is 0.336 e. The first kappa shape index (κ1) is 12.2. The molecule has 1 aromatic heterocycles. The van der Waals surface area contributed by atoms with Gasteiger partial charge in [-0.3, -0.25) is 0 Å². The number of carbonyl (C=O) groups is 1. The Morgan fingerprint density at radius 1 is 1.67 bits per heavy atom. The number of pyridine rings is 1. The van der Waals surface area contributed by atoms with Gasteiger partial charge in [0.15, 0.2) is 0 Å². The molecule has 0 radical (unpaired) electrons. The van der Waals surface area contributed by atoms with Crippen LogP contribution in [-0.2, 0) is 6.54 Å². The molecular weight excluding hydrogens is 321 g/mol. The van der Waals surface area contributed by atoms with E-state index in [-0.39, 0.29) is 12.2 Å². The fourth-order valence-corrected chi connectivity index (χ4v) is 1.75. The van der Waals surface area contributed by atoms with E-state index < -0.39 is 23.5 Å². The fourth-order valence-electron chi connectivity index (χ4n) is 1.15. The summed E-state index contributed by atoms with van der Waals surface area (Å²) in [4.78, 5) is 14.5. The van der Waals surface area contributed by atoms with E-state index in [1.54, 1.807) is 22.6 Å². The molecule has 0 aromatic carbocycles. The lowest BCUT2D eigenvalue weighted by Gasteiger charge is -2.10. The van der Waals surface area contributed by atoms with Gasteiger partial charge in [0.2, 0.25) is 0 Å². The molecule has 15 heavy (non-hydrogen) atoms. The van der Waals surface area contributed by atoms with Gasteiger partial charge in [-0.1, -0.05) is 0 Å². The summed E-state index contributed by atoms with van der Waals surface area (Å²) < 4.78 is 25.5. The number of nitrogens with zero attached hydrogens (tertiary/aromatic N) is 1. The number of aromatic nitrogens is 1. The van der Waals surface area contributed by atoms with Crippen LogP contribution in [0.4, 0.5) is 8.78 Å². The molecule has 0 atom stereocenters. The van der Waals surface area contributed by atoms with Crippen LogP contribution in [0.25, 0.3) is 0 Å². The number of hydrogen-bond acceptors (Lipinski definition) is 3. The van der Waals surface area contributed by atoms with Crippen molar-refractivity contribution in [1.29, 1.82) is 0 Å². The topological polar surface area (TPSA) is 76.2 Å². The fraction of sp³-hybridized carbons (Fsp3) is 0.250.